The van der Waals surface area contributed by atoms with E-state index in [9.17, 15) is 9.59 Å². The van der Waals surface area contributed by atoms with Crippen LogP contribution in [-0.2, 0) is 4.79 Å². The summed E-state index contributed by atoms with van der Waals surface area (Å²) in [6.45, 7) is 8.26. The summed E-state index contributed by atoms with van der Waals surface area (Å²) >= 11 is 0. The fourth-order valence-corrected chi connectivity index (χ4v) is 4.01. The summed E-state index contributed by atoms with van der Waals surface area (Å²) in [4.78, 5) is 26.2. The van der Waals surface area contributed by atoms with Crippen molar-refractivity contribution in [2.45, 2.75) is 46.5 Å². The van der Waals surface area contributed by atoms with Gasteiger partial charge in [0.1, 0.15) is 17.2 Å². The van der Waals surface area contributed by atoms with Gasteiger partial charge in [-0.2, -0.15) is 5.26 Å². The van der Waals surface area contributed by atoms with Crippen molar-refractivity contribution in [1.29, 1.82) is 5.26 Å². The molecule has 1 aromatic heterocycles. The zero-order valence-electron chi connectivity index (χ0n) is 21.1. The van der Waals surface area contributed by atoms with Gasteiger partial charge in [0.25, 0.3) is 0 Å². The molecule has 0 aliphatic rings. The van der Waals surface area contributed by atoms with Crippen molar-refractivity contribution in [2.24, 2.45) is 0 Å². The average molecular weight is 485 g/mol. The highest BCUT2D eigenvalue weighted by Crippen LogP contribution is 2.26. The van der Waals surface area contributed by atoms with Crippen LogP contribution in [0.25, 0.3) is 29.2 Å². The summed E-state index contributed by atoms with van der Waals surface area (Å²) in [5, 5.41) is 18.8. The first-order valence-electron chi connectivity index (χ1n) is 12.3. The molecule has 0 fully saturated rings. The Hall–Kier alpha value is -4.11. The second-order valence-electron chi connectivity index (χ2n) is 8.78. The maximum atomic E-state index is 12.8. The van der Waals surface area contributed by atoms with E-state index in [1.54, 1.807) is 36.4 Å². The maximum absolute atomic E-state index is 12.8. The molecule has 0 aliphatic carbocycles. The summed E-state index contributed by atoms with van der Waals surface area (Å²) in [6, 6.07) is 14.8. The number of carboxylic acids is 1. The SMILES string of the molecule is CCCCN(CCCC)c1ccc2c(C)c(/C=C/c3ccc(/C=C(\C#N)C(=O)O)cc3)c(=O)oc2c1. The van der Waals surface area contributed by atoms with Gasteiger partial charge in [-0.3, -0.25) is 0 Å². The number of hydrogen-bond acceptors (Lipinski definition) is 5. The highest BCUT2D eigenvalue weighted by Gasteiger charge is 2.12. The van der Waals surface area contributed by atoms with Gasteiger partial charge in [-0.15, -0.1) is 0 Å². The van der Waals surface area contributed by atoms with Crippen LogP contribution in [0.3, 0.4) is 0 Å². The topological polar surface area (TPSA) is 94.5 Å². The smallest absolute Gasteiger partial charge is 0.346 e. The molecule has 0 radical (unpaired) electrons. The summed E-state index contributed by atoms with van der Waals surface area (Å²) in [7, 11) is 0. The number of rotatable bonds is 11. The predicted molar refractivity (Wildman–Crippen MR) is 146 cm³/mol. The third kappa shape index (κ3) is 6.51. The van der Waals surface area contributed by atoms with Crippen LogP contribution < -0.4 is 10.5 Å². The van der Waals surface area contributed by atoms with Crippen LogP contribution in [0.1, 0.15) is 61.8 Å². The Labute approximate surface area is 211 Å². The largest absolute Gasteiger partial charge is 0.477 e. The number of nitrogens with zero attached hydrogens (tertiary/aromatic N) is 2. The Balaban J connectivity index is 1.88. The van der Waals surface area contributed by atoms with Crippen molar-refractivity contribution < 1.29 is 14.3 Å². The lowest BCUT2D eigenvalue weighted by molar-refractivity contribution is -0.132. The van der Waals surface area contributed by atoms with Gasteiger partial charge < -0.3 is 14.4 Å². The molecular formula is C30H32N2O4. The van der Waals surface area contributed by atoms with E-state index < -0.39 is 5.97 Å². The Morgan fingerprint density at radius 2 is 1.67 bits per heavy atom. The van der Waals surface area contributed by atoms with Gasteiger partial charge in [0.15, 0.2) is 0 Å². The Morgan fingerprint density at radius 1 is 1.03 bits per heavy atom. The van der Waals surface area contributed by atoms with E-state index in [0.717, 1.165) is 61.0 Å². The lowest BCUT2D eigenvalue weighted by Gasteiger charge is -2.25. The molecule has 0 saturated heterocycles. The van der Waals surface area contributed by atoms with Gasteiger partial charge >= 0.3 is 11.6 Å². The molecule has 0 atom stereocenters. The molecule has 2 aromatic carbocycles. The Bertz CT molecular complexity index is 1370. The van der Waals surface area contributed by atoms with Crippen LogP contribution in [0.5, 0.6) is 0 Å². The monoisotopic (exact) mass is 484 g/mol. The summed E-state index contributed by atoms with van der Waals surface area (Å²) in [6.07, 6.45) is 9.36. The standard InChI is InChI=1S/C30H32N2O4/c1-4-6-16-32(17-7-5-2)25-13-15-26-21(3)27(30(35)36-28(26)19-25)14-12-22-8-10-23(11-9-22)18-24(20-31)29(33)34/h8-15,18-19H,4-7,16-17H2,1-3H3,(H,33,34)/b14-12+,24-18+. The minimum atomic E-state index is -1.26. The normalized spacial score (nSPS) is 11.7. The predicted octanol–water partition coefficient (Wildman–Crippen LogP) is 6.67. The number of fused-ring (bicyclic) bond motifs is 1. The van der Waals surface area contributed by atoms with E-state index in [4.69, 9.17) is 14.8 Å². The third-order valence-electron chi connectivity index (χ3n) is 6.16. The fraction of sp³-hybridized carbons (Fsp3) is 0.300. The van der Waals surface area contributed by atoms with Crippen molar-refractivity contribution in [1.82, 2.24) is 0 Å². The van der Waals surface area contributed by atoms with Gasteiger partial charge in [-0.05, 0) is 60.7 Å². The molecule has 3 aromatic rings. The van der Waals surface area contributed by atoms with E-state index in [-0.39, 0.29) is 11.2 Å². The molecule has 6 heteroatoms. The number of benzene rings is 2. The minimum Gasteiger partial charge on any atom is -0.477 e. The molecule has 6 nitrogen and oxygen atoms in total. The number of aliphatic carboxylic acids is 1. The lowest BCUT2D eigenvalue weighted by Crippen LogP contribution is -2.25. The molecule has 0 aliphatic heterocycles. The Morgan fingerprint density at radius 3 is 2.25 bits per heavy atom. The zero-order chi connectivity index (χ0) is 26.1. The first kappa shape index (κ1) is 26.5. The van der Waals surface area contributed by atoms with Crippen LogP contribution in [0.4, 0.5) is 5.69 Å². The van der Waals surface area contributed by atoms with Crippen LogP contribution in [-0.4, -0.2) is 24.2 Å². The molecule has 1 heterocycles. The van der Waals surface area contributed by atoms with Crippen LogP contribution >= 0.6 is 0 Å². The number of carboxylic acid groups (broad SMARTS) is 1. The second kappa shape index (κ2) is 12.6. The molecule has 0 bridgehead atoms. The van der Waals surface area contributed by atoms with Crippen LogP contribution in [0.15, 0.2) is 57.2 Å². The van der Waals surface area contributed by atoms with Crippen LogP contribution in [0, 0.1) is 18.3 Å². The number of nitriles is 1. The van der Waals surface area contributed by atoms with Crippen molar-refractivity contribution >= 4 is 40.9 Å². The molecule has 186 valence electrons. The number of aryl methyl sites for hydroxylation is 1. The maximum Gasteiger partial charge on any atom is 0.346 e. The number of hydrogen-bond donors (Lipinski definition) is 1. The molecule has 0 amide bonds. The number of carbonyl (C=O) groups is 1. The molecule has 0 saturated carbocycles. The van der Waals surface area contributed by atoms with E-state index in [1.807, 2.05) is 25.1 Å². The Kier molecular flexibility index (Phi) is 9.24. The van der Waals surface area contributed by atoms with Gasteiger partial charge in [0.05, 0.1) is 5.56 Å². The fourth-order valence-electron chi connectivity index (χ4n) is 4.01. The molecule has 3 rings (SSSR count). The highest BCUT2D eigenvalue weighted by molar-refractivity contribution is 5.96. The lowest BCUT2D eigenvalue weighted by atomic mass is 10.0. The van der Waals surface area contributed by atoms with Crippen LogP contribution in [0.2, 0.25) is 0 Å². The summed E-state index contributed by atoms with van der Waals surface area (Å²) < 4.78 is 5.73. The van der Waals surface area contributed by atoms with Crippen molar-refractivity contribution in [3.8, 4) is 6.07 Å². The first-order valence-corrected chi connectivity index (χ1v) is 12.3. The second-order valence-corrected chi connectivity index (χ2v) is 8.78. The molecular weight excluding hydrogens is 452 g/mol. The first-order chi connectivity index (χ1) is 17.4. The minimum absolute atomic E-state index is 0.329. The summed E-state index contributed by atoms with van der Waals surface area (Å²) in [5.74, 6) is -1.26. The van der Waals surface area contributed by atoms with Gasteiger partial charge in [0, 0.05) is 30.2 Å². The molecule has 36 heavy (non-hydrogen) atoms. The van der Waals surface area contributed by atoms with E-state index in [0.29, 0.717) is 16.7 Å². The van der Waals surface area contributed by atoms with Crippen molar-refractivity contribution in [2.75, 3.05) is 18.0 Å². The quantitative estimate of drug-likeness (QED) is 0.186. The highest BCUT2D eigenvalue weighted by atomic mass is 16.4. The number of anilines is 1. The zero-order valence-corrected chi connectivity index (χ0v) is 21.1. The molecule has 0 unspecified atom stereocenters. The van der Waals surface area contributed by atoms with E-state index in [1.165, 1.54) is 6.08 Å². The van der Waals surface area contributed by atoms with Gasteiger partial charge in [0.2, 0.25) is 0 Å². The van der Waals surface area contributed by atoms with Crippen molar-refractivity contribution in [3.63, 3.8) is 0 Å². The number of unbranched alkanes of at least 4 members (excludes halogenated alkanes) is 2. The van der Waals surface area contributed by atoms with Gasteiger partial charge in [-0.25, -0.2) is 9.59 Å². The molecule has 0 spiro atoms. The van der Waals surface area contributed by atoms with E-state index >= 15 is 0 Å². The summed E-state index contributed by atoms with van der Waals surface area (Å²) in [5.41, 5.74) is 3.74. The third-order valence-corrected chi connectivity index (χ3v) is 6.16. The average Bonchev–Trinajstić information content (AvgIpc) is 2.87. The van der Waals surface area contributed by atoms with Crippen molar-refractivity contribution in [3.05, 3.63) is 80.7 Å². The van der Waals surface area contributed by atoms with Gasteiger partial charge in [-0.1, -0.05) is 57.0 Å². The molecule has 1 N–H and O–H groups in total. The van der Waals surface area contributed by atoms with E-state index in [2.05, 4.69) is 24.8 Å².